The first-order valence-electron chi connectivity index (χ1n) is 7.74. The summed E-state index contributed by atoms with van der Waals surface area (Å²) in [6.45, 7) is 0. The lowest BCUT2D eigenvalue weighted by molar-refractivity contribution is -0.111. The number of anilines is 1. The van der Waals surface area contributed by atoms with Gasteiger partial charge in [-0.15, -0.1) is 5.10 Å². The van der Waals surface area contributed by atoms with Crippen LogP contribution in [0.5, 0.6) is 11.5 Å². The van der Waals surface area contributed by atoms with E-state index in [0.717, 1.165) is 11.3 Å². The molecule has 0 aliphatic rings. The smallest absolute Gasteiger partial charge is 0.248 e. The van der Waals surface area contributed by atoms with E-state index in [-0.39, 0.29) is 5.91 Å². The quantitative estimate of drug-likeness (QED) is 0.686. The van der Waals surface area contributed by atoms with Crippen molar-refractivity contribution >= 4 is 17.7 Å². The molecule has 3 rings (SSSR count). The number of hydrogen-bond donors (Lipinski definition) is 1. The molecule has 1 N–H and O–H groups in total. The van der Waals surface area contributed by atoms with Crippen molar-refractivity contribution in [3.8, 4) is 17.2 Å². The standard InChI is InChI=1S/C18H17N5O3/c1-25-16-8-6-13(10-17(16)26-2)7-9-18(24)20-14-4-3-5-15(11-14)23-12-19-21-22-23/h3-12H,1-2H3,(H,20,24)/b9-7+. The first-order valence-corrected chi connectivity index (χ1v) is 7.74. The van der Waals surface area contributed by atoms with Crippen molar-refractivity contribution in [3.63, 3.8) is 0 Å². The fourth-order valence-corrected chi connectivity index (χ4v) is 2.32. The number of rotatable bonds is 6. The monoisotopic (exact) mass is 351 g/mol. The zero-order chi connectivity index (χ0) is 18.4. The van der Waals surface area contributed by atoms with E-state index in [0.29, 0.717) is 17.2 Å². The van der Waals surface area contributed by atoms with Gasteiger partial charge in [0.25, 0.3) is 0 Å². The first-order chi connectivity index (χ1) is 12.7. The summed E-state index contributed by atoms with van der Waals surface area (Å²) < 4.78 is 12.0. The molecule has 2 aromatic carbocycles. The Morgan fingerprint density at radius 3 is 2.69 bits per heavy atom. The van der Waals surface area contributed by atoms with E-state index < -0.39 is 0 Å². The minimum Gasteiger partial charge on any atom is -0.493 e. The summed E-state index contributed by atoms with van der Waals surface area (Å²) in [6.07, 6.45) is 4.63. The van der Waals surface area contributed by atoms with Gasteiger partial charge in [-0.3, -0.25) is 4.79 Å². The van der Waals surface area contributed by atoms with Gasteiger partial charge < -0.3 is 14.8 Å². The van der Waals surface area contributed by atoms with Crippen molar-refractivity contribution < 1.29 is 14.3 Å². The average molecular weight is 351 g/mol. The maximum absolute atomic E-state index is 12.2. The van der Waals surface area contributed by atoms with Crippen LogP contribution in [0.25, 0.3) is 11.8 Å². The van der Waals surface area contributed by atoms with Crippen LogP contribution in [0.15, 0.2) is 54.9 Å². The number of amides is 1. The molecule has 0 aliphatic heterocycles. The van der Waals surface area contributed by atoms with Gasteiger partial charge >= 0.3 is 0 Å². The van der Waals surface area contributed by atoms with E-state index >= 15 is 0 Å². The topological polar surface area (TPSA) is 91.2 Å². The fraction of sp³-hybridized carbons (Fsp3) is 0.111. The number of hydrogen-bond acceptors (Lipinski definition) is 6. The number of methoxy groups -OCH3 is 2. The van der Waals surface area contributed by atoms with Gasteiger partial charge in [-0.25, -0.2) is 4.68 Å². The lowest BCUT2D eigenvalue weighted by Crippen LogP contribution is -2.08. The zero-order valence-corrected chi connectivity index (χ0v) is 14.3. The third-order valence-corrected chi connectivity index (χ3v) is 3.56. The van der Waals surface area contributed by atoms with Crippen LogP contribution in [0, 0.1) is 0 Å². The van der Waals surface area contributed by atoms with Crippen molar-refractivity contribution in [1.29, 1.82) is 0 Å². The molecule has 0 radical (unpaired) electrons. The van der Waals surface area contributed by atoms with Crippen LogP contribution in [0.1, 0.15) is 5.56 Å². The highest BCUT2D eigenvalue weighted by Crippen LogP contribution is 2.28. The lowest BCUT2D eigenvalue weighted by Gasteiger charge is -2.07. The lowest BCUT2D eigenvalue weighted by atomic mass is 10.2. The molecule has 0 aliphatic carbocycles. The molecule has 0 saturated carbocycles. The summed E-state index contributed by atoms with van der Waals surface area (Å²) in [5, 5.41) is 13.8. The Kier molecular flexibility index (Phi) is 5.23. The molecule has 132 valence electrons. The number of carbonyl (C=O) groups excluding carboxylic acids is 1. The maximum atomic E-state index is 12.2. The van der Waals surface area contributed by atoms with Gasteiger partial charge in [0, 0.05) is 11.8 Å². The van der Waals surface area contributed by atoms with Crippen molar-refractivity contribution in [3.05, 3.63) is 60.4 Å². The Balaban J connectivity index is 1.69. The minimum absolute atomic E-state index is 0.256. The van der Waals surface area contributed by atoms with Crippen LogP contribution in [0.3, 0.4) is 0 Å². The second kappa shape index (κ2) is 7.93. The molecule has 8 heteroatoms. The molecule has 0 bridgehead atoms. The fourth-order valence-electron chi connectivity index (χ4n) is 2.32. The van der Waals surface area contributed by atoms with Gasteiger partial charge in [0.1, 0.15) is 6.33 Å². The summed E-state index contributed by atoms with van der Waals surface area (Å²) in [5.41, 5.74) is 2.21. The minimum atomic E-state index is -0.256. The highest BCUT2D eigenvalue weighted by atomic mass is 16.5. The van der Waals surface area contributed by atoms with Gasteiger partial charge in [-0.2, -0.15) is 0 Å². The molecule has 1 aromatic heterocycles. The second-order valence-corrected chi connectivity index (χ2v) is 5.24. The molecule has 1 amide bonds. The summed E-state index contributed by atoms with van der Waals surface area (Å²) in [6, 6.07) is 12.6. The van der Waals surface area contributed by atoms with E-state index in [1.165, 1.54) is 17.1 Å². The van der Waals surface area contributed by atoms with Crippen molar-refractivity contribution in [2.75, 3.05) is 19.5 Å². The summed E-state index contributed by atoms with van der Waals surface area (Å²) in [7, 11) is 3.14. The third kappa shape index (κ3) is 4.04. The van der Waals surface area contributed by atoms with Gasteiger partial charge in [-0.1, -0.05) is 12.1 Å². The Hall–Kier alpha value is -3.68. The molecule has 1 heterocycles. The highest BCUT2D eigenvalue weighted by Gasteiger charge is 2.04. The van der Waals surface area contributed by atoms with Crippen LogP contribution < -0.4 is 14.8 Å². The summed E-state index contributed by atoms with van der Waals surface area (Å²) in [5.74, 6) is 0.978. The number of nitrogens with zero attached hydrogens (tertiary/aromatic N) is 4. The predicted molar refractivity (Wildman–Crippen MR) is 96.4 cm³/mol. The van der Waals surface area contributed by atoms with E-state index in [1.807, 2.05) is 18.2 Å². The molecule has 0 unspecified atom stereocenters. The van der Waals surface area contributed by atoms with Crippen LogP contribution in [0.2, 0.25) is 0 Å². The van der Waals surface area contributed by atoms with E-state index in [4.69, 9.17) is 9.47 Å². The number of carbonyl (C=O) groups is 1. The van der Waals surface area contributed by atoms with E-state index in [2.05, 4.69) is 20.8 Å². The average Bonchev–Trinajstić information content (AvgIpc) is 3.21. The molecule has 3 aromatic rings. The summed E-state index contributed by atoms with van der Waals surface area (Å²) in [4.78, 5) is 12.2. The molecule has 0 fully saturated rings. The molecule has 0 atom stereocenters. The van der Waals surface area contributed by atoms with Crippen LogP contribution >= 0.6 is 0 Å². The SMILES string of the molecule is COc1ccc(/C=C/C(=O)Nc2cccc(-n3cnnn3)c2)cc1OC. The van der Waals surface area contributed by atoms with Gasteiger partial charge in [0.05, 0.1) is 19.9 Å². The van der Waals surface area contributed by atoms with Crippen molar-refractivity contribution in [1.82, 2.24) is 20.2 Å². The molecule has 0 spiro atoms. The Morgan fingerprint density at radius 1 is 1.12 bits per heavy atom. The predicted octanol–water partition coefficient (Wildman–Crippen LogP) is 2.33. The largest absolute Gasteiger partial charge is 0.493 e. The maximum Gasteiger partial charge on any atom is 0.248 e. The van der Waals surface area contributed by atoms with Crippen molar-refractivity contribution in [2.24, 2.45) is 0 Å². The normalized spacial score (nSPS) is 10.7. The molecule has 26 heavy (non-hydrogen) atoms. The van der Waals surface area contributed by atoms with E-state index in [9.17, 15) is 4.79 Å². The Bertz CT molecular complexity index is 922. The molecule has 0 saturated heterocycles. The molecule has 8 nitrogen and oxygen atoms in total. The number of aromatic nitrogens is 4. The molecular weight excluding hydrogens is 334 g/mol. The highest BCUT2D eigenvalue weighted by molar-refractivity contribution is 6.02. The van der Waals surface area contributed by atoms with E-state index in [1.54, 1.807) is 44.6 Å². The third-order valence-electron chi connectivity index (χ3n) is 3.56. The Morgan fingerprint density at radius 2 is 1.96 bits per heavy atom. The van der Waals surface area contributed by atoms with Crippen LogP contribution in [0.4, 0.5) is 5.69 Å². The van der Waals surface area contributed by atoms with Crippen molar-refractivity contribution in [2.45, 2.75) is 0 Å². The van der Waals surface area contributed by atoms with Crippen LogP contribution in [-0.4, -0.2) is 40.3 Å². The van der Waals surface area contributed by atoms with Crippen LogP contribution in [-0.2, 0) is 4.79 Å². The van der Waals surface area contributed by atoms with Gasteiger partial charge in [-0.05, 0) is 52.4 Å². The molecular formula is C18H17N5O3. The Labute approximate surface area is 150 Å². The number of ether oxygens (including phenoxy) is 2. The number of nitrogens with one attached hydrogen (secondary N) is 1. The number of benzene rings is 2. The second-order valence-electron chi connectivity index (χ2n) is 5.24. The number of tetrazole rings is 1. The summed E-state index contributed by atoms with van der Waals surface area (Å²) >= 11 is 0. The first kappa shape index (κ1) is 17.2. The van der Waals surface area contributed by atoms with Gasteiger partial charge in [0.2, 0.25) is 5.91 Å². The van der Waals surface area contributed by atoms with Gasteiger partial charge in [0.15, 0.2) is 11.5 Å². The zero-order valence-electron chi connectivity index (χ0n) is 14.3.